The normalized spacial score (nSPS) is 11.0. The summed E-state index contributed by atoms with van der Waals surface area (Å²) in [7, 11) is 0. The van der Waals surface area contributed by atoms with E-state index in [0.29, 0.717) is 0 Å². The lowest BCUT2D eigenvalue weighted by Crippen LogP contribution is -1.97. The van der Waals surface area contributed by atoms with Crippen LogP contribution in [0, 0.1) is 0 Å². The SMILES string of the molecule is c1ccc2[nH]c(SCCCCCOc3nccs3)nc2c1. The number of para-hydroxylation sites is 2. The lowest BCUT2D eigenvalue weighted by atomic mass is 10.3. The van der Waals surface area contributed by atoms with Gasteiger partial charge in [-0.2, -0.15) is 0 Å². The van der Waals surface area contributed by atoms with Crippen LogP contribution in [0.4, 0.5) is 0 Å². The van der Waals surface area contributed by atoms with E-state index in [1.807, 2.05) is 23.6 Å². The molecule has 6 heteroatoms. The van der Waals surface area contributed by atoms with E-state index >= 15 is 0 Å². The number of fused-ring (bicyclic) bond motifs is 1. The molecule has 3 aromatic rings. The van der Waals surface area contributed by atoms with Crippen molar-refractivity contribution in [1.82, 2.24) is 15.0 Å². The Kier molecular flexibility index (Phi) is 5.13. The molecule has 1 N–H and O–H groups in total. The second-order valence-electron chi connectivity index (χ2n) is 4.61. The van der Waals surface area contributed by atoms with Crippen LogP contribution in [-0.2, 0) is 0 Å². The number of nitrogens with zero attached hydrogens (tertiary/aromatic N) is 2. The van der Waals surface area contributed by atoms with Gasteiger partial charge < -0.3 is 9.72 Å². The van der Waals surface area contributed by atoms with Gasteiger partial charge in [-0.1, -0.05) is 35.2 Å². The summed E-state index contributed by atoms with van der Waals surface area (Å²) in [6, 6.07) is 8.13. The molecule has 0 saturated carbocycles. The Balaban J connectivity index is 1.31. The molecule has 2 heterocycles. The molecule has 0 aliphatic rings. The number of imidazole rings is 1. The lowest BCUT2D eigenvalue weighted by molar-refractivity contribution is 0.305. The minimum Gasteiger partial charge on any atom is -0.470 e. The van der Waals surface area contributed by atoms with E-state index in [0.717, 1.165) is 40.2 Å². The number of unbranched alkanes of at least 4 members (excludes halogenated alkanes) is 2. The average molecular weight is 319 g/mol. The number of aromatic amines is 1. The van der Waals surface area contributed by atoms with Gasteiger partial charge in [0.25, 0.3) is 5.19 Å². The summed E-state index contributed by atoms with van der Waals surface area (Å²) in [5, 5.41) is 3.71. The fraction of sp³-hybridized carbons (Fsp3) is 0.333. The molecule has 0 spiro atoms. The highest BCUT2D eigenvalue weighted by Gasteiger charge is 2.02. The minimum absolute atomic E-state index is 0.753. The van der Waals surface area contributed by atoms with Gasteiger partial charge in [0.1, 0.15) is 0 Å². The largest absolute Gasteiger partial charge is 0.470 e. The van der Waals surface area contributed by atoms with Crippen LogP contribution in [0.15, 0.2) is 41.0 Å². The number of benzene rings is 1. The number of hydrogen-bond acceptors (Lipinski definition) is 5. The molecule has 0 amide bonds. The maximum Gasteiger partial charge on any atom is 0.273 e. The number of ether oxygens (including phenoxy) is 1. The van der Waals surface area contributed by atoms with E-state index in [2.05, 4.69) is 21.0 Å². The average Bonchev–Trinajstić information content (AvgIpc) is 3.15. The Hall–Kier alpha value is -1.53. The highest BCUT2D eigenvalue weighted by Crippen LogP contribution is 2.20. The molecule has 0 fully saturated rings. The fourth-order valence-electron chi connectivity index (χ4n) is 1.99. The summed E-state index contributed by atoms with van der Waals surface area (Å²) in [6.07, 6.45) is 5.17. The van der Waals surface area contributed by atoms with Crippen LogP contribution in [0.1, 0.15) is 19.3 Å². The van der Waals surface area contributed by atoms with Crippen molar-refractivity contribution >= 4 is 34.1 Å². The molecular formula is C15H17N3OS2. The van der Waals surface area contributed by atoms with Crippen molar-refractivity contribution in [2.45, 2.75) is 24.4 Å². The van der Waals surface area contributed by atoms with Gasteiger partial charge in [-0.25, -0.2) is 9.97 Å². The van der Waals surface area contributed by atoms with E-state index < -0.39 is 0 Å². The molecule has 0 aliphatic carbocycles. The standard InChI is InChI=1S/C15H17N3OS2/c1(4-9-19-15-16-8-11-21-15)5-10-20-14-17-12-6-2-3-7-13(12)18-14/h2-3,6-8,11H,1,4-5,9-10H2,(H,17,18). The molecule has 0 bridgehead atoms. The monoisotopic (exact) mass is 319 g/mol. The summed E-state index contributed by atoms with van der Waals surface area (Å²) in [6.45, 7) is 0.753. The van der Waals surface area contributed by atoms with E-state index in [4.69, 9.17) is 4.74 Å². The number of thiazole rings is 1. The Bertz CT molecular complexity index is 633. The van der Waals surface area contributed by atoms with Crippen molar-refractivity contribution in [2.75, 3.05) is 12.4 Å². The lowest BCUT2D eigenvalue weighted by Gasteiger charge is -2.01. The summed E-state index contributed by atoms with van der Waals surface area (Å²) < 4.78 is 5.53. The molecule has 0 aliphatic heterocycles. The first-order chi connectivity index (χ1) is 10.4. The van der Waals surface area contributed by atoms with Gasteiger partial charge >= 0.3 is 0 Å². The maximum atomic E-state index is 5.53. The quantitative estimate of drug-likeness (QED) is 0.495. The second kappa shape index (κ2) is 7.47. The van der Waals surface area contributed by atoms with Crippen molar-refractivity contribution in [3.8, 4) is 5.19 Å². The molecular weight excluding hydrogens is 302 g/mol. The third kappa shape index (κ3) is 4.22. The zero-order valence-corrected chi connectivity index (χ0v) is 13.3. The van der Waals surface area contributed by atoms with Gasteiger partial charge in [0.05, 0.1) is 17.6 Å². The predicted molar refractivity (Wildman–Crippen MR) is 88.3 cm³/mol. The first kappa shape index (κ1) is 14.4. The first-order valence-corrected chi connectivity index (χ1v) is 8.88. The van der Waals surface area contributed by atoms with Gasteiger partial charge in [-0.15, -0.1) is 0 Å². The summed E-state index contributed by atoms with van der Waals surface area (Å²) in [5.41, 5.74) is 2.15. The van der Waals surface area contributed by atoms with Gasteiger partial charge in [0, 0.05) is 17.3 Å². The van der Waals surface area contributed by atoms with Crippen LogP contribution >= 0.6 is 23.1 Å². The Labute approximate surface area is 132 Å². The molecule has 0 unspecified atom stereocenters. The Morgan fingerprint density at radius 2 is 2.14 bits per heavy atom. The summed E-state index contributed by atoms with van der Waals surface area (Å²) in [4.78, 5) is 12.0. The molecule has 110 valence electrons. The van der Waals surface area contributed by atoms with Gasteiger partial charge in [0.2, 0.25) is 0 Å². The van der Waals surface area contributed by atoms with E-state index in [9.17, 15) is 0 Å². The highest BCUT2D eigenvalue weighted by atomic mass is 32.2. The van der Waals surface area contributed by atoms with Crippen LogP contribution in [0.3, 0.4) is 0 Å². The molecule has 0 saturated heterocycles. The van der Waals surface area contributed by atoms with Crippen molar-refractivity contribution in [3.63, 3.8) is 0 Å². The van der Waals surface area contributed by atoms with Crippen LogP contribution in [0.2, 0.25) is 0 Å². The van der Waals surface area contributed by atoms with Gasteiger partial charge in [-0.3, -0.25) is 0 Å². The predicted octanol–water partition coefficient (Wildman–Crippen LogP) is 4.36. The van der Waals surface area contributed by atoms with Crippen molar-refractivity contribution in [1.29, 1.82) is 0 Å². The molecule has 4 nitrogen and oxygen atoms in total. The number of rotatable bonds is 8. The molecule has 3 rings (SSSR count). The third-order valence-electron chi connectivity index (χ3n) is 3.03. The minimum atomic E-state index is 0.753. The number of aromatic nitrogens is 3. The number of thioether (sulfide) groups is 1. The maximum absolute atomic E-state index is 5.53. The highest BCUT2D eigenvalue weighted by molar-refractivity contribution is 7.99. The van der Waals surface area contributed by atoms with Crippen LogP contribution < -0.4 is 4.74 Å². The fourth-order valence-corrected chi connectivity index (χ4v) is 3.39. The molecule has 2 aromatic heterocycles. The van der Waals surface area contributed by atoms with Crippen LogP contribution in [0.5, 0.6) is 5.19 Å². The van der Waals surface area contributed by atoms with E-state index in [-0.39, 0.29) is 0 Å². The summed E-state index contributed by atoms with van der Waals surface area (Å²) in [5.74, 6) is 1.08. The Morgan fingerprint density at radius 3 is 3.00 bits per heavy atom. The van der Waals surface area contributed by atoms with E-state index in [1.165, 1.54) is 12.8 Å². The van der Waals surface area contributed by atoms with Gasteiger partial charge in [-0.05, 0) is 31.4 Å². The molecule has 21 heavy (non-hydrogen) atoms. The van der Waals surface area contributed by atoms with Crippen molar-refractivity contribution in [2.24, 2.45) is 0 Å². The number of hydrogen-bond donors (Lipinski definition) is 1. The second-order valence-corrected chi connectivity index (χ2v) is 6.56. The summed E-state index contributed by atoms with van der Waals surface area (Å²) >= 11 is 3.32. The molecule has 0 radical (unpaired) electrons. The number of H-pyrrole nitrogens is 1. The number of nitrogens with one attached hydrogen (secondary N) is 1. The smallest absolute Gasteiger partial charge is 0.273 e. The van der Waals surface area contributed by atoms with Crippen molar-refractivity contribution < 1.29 is 4.74 Å². The zero-order valence-electron chi connectivity index (χ0n) is 11.6. The molecule has 0 atom stereocenters. The van der Waals surface area contributed by atoms with Crippen molar-refractivity contribution in [3.05, 3.63) is 35.8 Å². The zero-order chi connectivity index (χ0) is 14.3. The van der Waals surface area contributed by atoms with E-state index in [1.54, 1.807) is 29.3 Å². The Morgan fingerprint density at radius 1 is 1.19 bits per heavy atom. The molecule has 1 aromatic carbocycles. The van der Waals surface area contributed by atoms with Gasteiger partial charge in [0.15, 0.2) is 5.16 Å². The first-order valence-electron chi connectivity index (χ1n) is 7.02. The van der Waals surface area contributed by atoms with Crippen LogP contribution in [-0.4, -0.2) is 27.3 Å². The van der Waals surface area contributed by atoms with Crippen LogP contribution in [0.25, 0.3) is 11.0 Å². The topological polar surface area (TPSA) is 50.8 Å². The third-order valence-corrected chi connectivity index (χ3v) is 4.67.